The lowest BCUT2D eigenvalue weighted by molar-refractivity contribution is 0.590. The van der Waals surface area contributed by atoms with E-state index in [0.29, 0.717) is 0 Å². The summed E-state index contributed by atoms with van der Waals surface area (Å²) in [4.78, 5) is 2.48. The molecule has 7 aromatic rings. The average Bonchev–Trinajstić information content (AvgIpc) is 3.51. The number of fused-ring (bicyclic) bond motifs is 8. The molecule has 0 aliphatic heterocycles. The van der Waals surface area contributed by atoms with Crippen molar-refractivity contribution >= 4 is 59.3 Å². The summed E-state index contributed by atoms with van der Waals surface area (Å²) < 4.78 is 2.72. The van der Waals surface area contributed by atoms with Crippen LogP contribution in [-0.4, -0.2) is 0 Å². The number of nitrogens with zero attached hydrogens (tertiary/aromatic N) is 1. The van der Waals surface area contributed by atoms with Crippen LogP contribution in [0.1, 0.15) is 77.6 Å². The predicted octanol–water partition coefficient (Wildman–Crippen LogP) is 13.6. The fraction of sp³-hybridized carbons (Fsp3) is 0.244. The Morgan fingerprint density at radius 1 is 0.511 bits per heavy atom. The first-order valence-corrected chi connectivity index (χ1v) is 17.7. The van der Waals surface area contributed by atoms with Gasteiger partial charge in [0.2, 0.25) is 0 Å². The third kappa shape index (κ3) is 4.72. The van der Waals surface area contributed by atoms with Crippen molar-refractivity contribution in [1.29, 1.82) is 0 Å². The molecule has 0 saturated heterocycles. The van der Waals surface area contributed by atoms with Crippen molar-refractivity contribution in [2.45, 2.75) is 71.6 Å². The van der Waals surface area contributed by atoms with Gasteiger partial charge in [-0.15, -0.1) is 11.3 Å². The molecule has 0 fully saturated rings. The van der Waals surface area contributed by atoms with E-state index in [4.69, 9.17) is 0 Å². The van der Waals surface area contributed by atoms with Crippen LogP contribution in [-0.2, 0) is 16.2 Å². The van der Waals surface area contributed by atoms with Crippen molar-refractivity contribution < 1.29 is 0 Å². The molecule has 1 nitrogen and oxygen atoms in total. The lowest BCUT2D eigenvalue weighted by atomic mass is 9.81. The van der Waals surface area contributed by atoms with Crippen LogP contribution < -0.4 is 4.90 Å². The average molecular weight is 630 g/mol. The van der Waals surface area contributed by atoms with E-state index < -0.39 is 0 Å². The minimum absolute atomic E-state index is 0.0901. The zero-order valence-corrected chi connectivity index (χ0v) is 29.6. The maximum atomic E-state index is 2.50. The highest BCUT2D eigenvalue weighted by atomic mass is 32.1. The number of hydrogen-bond acceptors (Lipinski definition) is 2. The van der Waals surface area contributed by atoms with Crippen LogP contribution in [0.5, 0.6) is 0 Å². The van der Waals surface area contributed by atoms with Gasteiger partial charge in [-0.3, -0.25) is 0 Å². The maximum Gasteiger partial charge on any atom is 0.0543 e. The van der Waals surface area contributed by atoms with Crippen molar-refractivity contribution in [2.24, 2.45) is 0 Å². The largest absolute Gasteiger partial charge is 0.310 e. The van der Waals surface area contributed by atoms with Crippen molar-refractivity contribution in [3.63, 3.8) is 0 Å². The normalized spacial score (nSPS) is 14.1. The van der Waals surface area contributed by atoms with Crippen LogP contribution >= 0.6 is 11.3 Å². The van der Waals surface area contributed by atoms with Crippen LogP contribution in [0, 0.1) is 0 Å². The summed E-state index contributed by atoms with van der Waals surface area (Å²) in [7, 11) is 0. The summed E-state index contributed by atoms with van der Waals surface area (Å²) >= 11 is 1.91. The topological polar surface area (TPSA) is 3.24 Å². The molecule has 0 unspecified atom stereocenters. The third-order valence-corrected chi connectivity index (χ3v) is 11.5. The Bertz CT molecular complexity index is 2260. The van der Waals surface area contributed by atoms with Gasteiger partial charge in [0.15, 0.2) is 0 Å². The van der Waals surface area contributed by atoms with E-state index in [2.05, 4.69) is 176 Å². The highest BCUT2D eigenvalue weighted by molar-refractivity contribution is 7.25. The van der Waals surface area contributed by atoms with Crippen molar-refractivity contribution in [3.8, 4) is 11.1 Å². The second kappa shape index (κ2) is 10.3. The van der Waals surface area contributed by atoms with Gasteiger partial charge in [0, 0.05) is 42.3 Å². The fourth-order valence-corrected chi connectivity index (χ4v) is 8.74. The fourth-order valence-electron chi connectivity index (χ4n) is 7.61. The van der Waals surface area contributed by atoms with Crippen LogP contribution in [0.2, 0.25) is 0 Å². The molecule has 8 rings (SSSR count). The molecule has 234 valence electrons. The third-order valence-electron chi connectivity index (χ3n) is 10.4. The predicted molar refractivity (Wildman–Crippen MR) is 206 cm³/mol. The van der Waals surface area contributed by atoms with E-state index in [1.807, 2.05) is 11.3 Å². The molecule has 0 atom stereocenters. The molecule has 2 heteroatoms. The zero-order chi connectivity index (χ0) is 32.9. The molecule has 1 aliphatic rings. The first-order valence-electron chi connectivity index (χ1n) is 16.9. The van der Waals surface area contributed by atoms with Gasteiger partial charge >= 0.3 is 0 Å². The van der Waals surface area contributed by atoms with Crippen LogP contribution in [0.4, 0.5) is 17.1 Å². The van der Waals surface area contributed by atoms with E-state index in [0.717, 1.165) is 0 Å². The Balaban J connectivity index is 1.39. The molecule has 1 aromatic heterocycles. The molecular weight excluding hydrogens is 587 g/mol. The number of benzene rings is 6. The quantitative estimate of drug-likeness (QED) is 0.188. The maximum absolute atomic E-state index is 2.50. The van der Waals surface area contributed by atoms with Crippen LogP contribution in [0.3, 0.4) is 0 Å². The highest BCUT2D eigenvalue weighted by Gasteiger charge is 2.38. The number of thiophene rings is 1. The summed E-state index contributed by atoms with van der Waals surface area (Å²) in [5.41, 5.74) is 11.8. The number of rotatable bonds is 3. The molecule has 1 aliphatic carbocycles. The van der Waals surface area contributed by atoms with Gasteiger partial charge < -0.3 is 4.90 Å². The Kier molecular flexibility index (Phi) is 6.57. The standard InChI is InChI=1S/C45H43NS/c1-43(2,3)28-17-21-30(22-18-28)46(31-23-19-29(20-24-31)44(4,5)6)39-27-38-42(34-15-10-9-13-32(34)39)36-26-41-35(25-37(36)45(38,7)8)33-14-11-12-16-40(33)47-41/h9-27H,1-8H3. The number of anilines is 3. The summed E-state index contributed by atoms with van der Waals surface area (Å²) in [6, 6.07) is 43.8. The zero-order valence-electron chi connectivity index (χ0n) is 28.8. The molecule has 6 aromatic carbocycles. The minimum Gasteiger partial charge on any atom is -0.310 e. The first kappa shape index (κ1) is 30.0. The van der Waals surface area contributed by atoms with E-state index in [-0.39, 0.29) is 16.2 Å². The summed E-state index contributed by atoms with van der Waals surface area (Å²) in [5, 5.41) is 5.31. The molecular formula is C45H43NS. The van der Waals surface area contributed by atoms with E-state index in [1.165, 1.54) is 81.4 Å². The molecule has 0 bridgehead atoms. The summed E-state index contributed by atoms with van der Waals surface area (Å²) in [6.45, 7) is 18.5. The lowest BCUT2D eigenvalue weighted by Gasteiger charge is -2.31. The SMILES string of the molecule is CC(C)(C)c1ccc(N(c2ccc(C(C)(C)C)cc2)c2cc3c(c4ccccc24)-c2cc4sc5ccccc5c4cc2C3(C)C)cc1. The molecule has 0 saturated carbocycles. The minimum atomic E-state index is -0.154. The van der Waals surface area contributed by atoms with Gasteiger partial charge in [0.05, 0.1) is 5.69 Å². The molecule has 1 heterocycles. The number of hydrogen-bond donors (Lipinski definition) is 0. The molecule has 0 amide bonds. The van der Waals surface area contributed by atoms with Crippen molar-refractivity contribution in [1.82, 2.24) is 0 Å². The monoisotopic (exact) mass is 629 g/mol. The molecule has 0 spiro atoms. The lowest BCUT2D eigenvalue weighted by Crippen LogP contribution is -2.17. The second-order valence-corrected chi connectivity index (χ2v) is 17.0. The Hall–Kier alpha value is -4.40. The Morgan fingerprint density at radius 2 is 1.04 bits per heavy atom. The van der Waals surface area contributed by atoms with Gasteiger partial charge in [0.1, 0.15) is 0 Å². The molecule has 47 heavy (non-hydrogen) atoms. The summed E-state index contributed by atoms with van der Waals surface area (Å²) in [5.74, 6) is 0. The van der Waals surface area contributed by atoms with E-state index in [1.54, 1.807) is 0 Å². The van der Waals surface area contributed by atoms with Gasteiger partial charge in [-0.05, 0) is 98.1 Å². The molecule has 0 radical (unpaired) electrons. The smallest absolute Gasteiger partial charge is 0.0543 e. The summed E-state index contributed by atoms with van der Waals surface area (Å²) in [6.07, 6.45) is 0. The van der Waals surface area contributed by atoms with Gasteiger partial charge in [0.25, 0.3) is 0 Å². The van der Waals surface area contributed by atoms with E-state index >= 15 is 0 Å². The van der Waals surface area contributed by atoms with Crippen molar-refractivity contribution in [2.75, 3.05) is 4.90 Å². The first-order chi connectivity index (χ1) is 22.3. The van der Waals surface area contributed by atoms with Gasteiger partial charge in [-0.2, -0.15) is 0 Å². The Morgan fingerprint density at radius 3 is 1.62 bits per heavy atom. The Labute approximate surface area is 283 Å². The van der Waals surface area contributed by atoms with Crippen molar-refractivity contribution in [3.05, 3.63) is 138 Å². The van der Waals surface area contributed by atoms with Gasteiger partial charge in [-0.25, -0.2) is 0 Å². The second-order valence-electron chi connectivity index (χ2n) is 15.9. The van der Waals surface area contributed by atoms with Gasteiger partial charge in [-0.1, -0.05) is 122 Å². The van der Waals surface area contributed by atoms with Crippen LogP contribution in [0.25, 0.3) is 42.1 Å². The van der Waals surface area contributed by atoms with E-state index in [9.17, 15) is 0 Å². The van der Waals surface area contributed by atoms with Crippen LogP contribution in [0.15, 0.2) is 115 Å². The molecule has 0 N–H and O–H groups in total. The highest BCUT2D eigenvalue weighted by Crippen LogP contribution is 2.56.